The van der Waals surface area contributed by atoms with Crippen molar-refractivity contribution in [1.82, 2.24) is 0 Å². The molecule has 26 heavy (non-hydrogen) atoms. The van der Waals surface area contributed by atoms with Crippen LogP contribution in [0.25, 0.3) is 6.08 Å². The number of ether oxygens (including phenoxy) is 3. The third-order valence-electron chi connectivity index (χ3n) is 3.65. The first kappa shape index (κ1) is 19.4. The summed E-state index contributed by atoms with van der Waals surface area (Å²) in [6.07, 6.45) is -2.21. The van der Waals surface area contributed by atoms with Crippen LogP contribution in [-0.4, -0.2) is 27.1 Å². The number of allylic oxidation sites excluding steroid dienone is 1. The van der Waals surface area contributed by atoms with Crippen LogP contribution in [0.15, 0.2) is 42.5 Å². The van der Waals surface area contributed by atoms with Crippen molar-refractivity contribution in [2.75, 3.05) is 21.3 Å². The van der Waals surface area contributed by atoms with Gasteiger partial charge in [0.25, 0.3) is 0 Å². The number of carbonyl (C=O) groups excluding carboxylic acids is 1. The van der Waals surface area contributed by atoms with Crippen molar-refractivity contribution in [2.24, 2.45) is 0 Å². The Morgan fingerprint density at radius 2 is 1.54 bits per heavy atom. The van der Waals surface area contributed by atoms with Gasteiger partial charge in [0.2, 0.25) is 0 Å². The predicted octanol–water partition coefficient (Wildman–Crippen LogP) is 4.63. The van der Waals surface area contributed by atoms with Crippen LogP contribution in [0.4, 0.5) is 13.2 Å². The van der Waals surface area contributed by atoms with E-state index in [4.69, 9.17) is 14.2 Å². The number of halogens is 3. The summed E-state index contributed by atoms with van der Waals surface area (Å²) in [4.78, 5) is 12.3. The molecule has 138 valence electrons. The van der Waals surface area contributed by atoms with E-state index < -0.39 is 23.1 Å². The van der Waals surface area contributed by atoms with Crippen LogP contribution < -0.4 is 14.2 Å². The molecule has 0 fully saturated rings. The van der Waals surface area contributed by atoms with Gasteiger partial charge < -0.3 is 14.2 Å². The number of rotatable bonds is 6. The normalized spacial score (nSPS) is 11.5. The van der Waals surface area contributed by atoms with Crippen molar-refractivity contribution in [3.63, 3.8) is 0 Å². The second-order valence-corrected chi connectivity index (χ2v) is 5.19. The summed E-state index contributed by atoms with van der Waals surface area (Å²) in [5.74, 6) is 0.408. The smallest absolute Gasteiger partial charge is 0.417 e. The van der Waals surface area contributed by atoms with E-state index in [1.807, 2.05) is 0 Å². The lowest BCUT2D eigenvalue weighted by atomic mass is 10.0. The molecular formula is C19H17F3O4. The molecule has 0 aromatic heterocycles. The molecule has 0 heterocycles. The molecule has 2 aromatic carbocycles. The van der Waals surface area contributed by atoms with Gasteiger partial charge in [-0.25, -0.2) is 0 Å². The molecule has 0 N–H and O–H groups in total. The Bertz CT molecular complexity index is 801. The van der Waals surface area contributed by atoms with Crippen molar-refractivity contribution in [1.29, 1.82) is 0 Å². The zero-order valence-electron chi connectivity index (χ0n) is 14.4. The van der Waals surface area contributed by atoms with Gasteiger partial charge in [0, 0.05) is 17.7 Å². The minimum absolute atomic E-state index is 0.356. The molecule has 0 amide bonds. The molecule has 0 aliphatic heterocycles. The zero-order valence-corrected chi connectivity index (χ0v) is 14.4. The van der Waals surface area contributed by atoms with Gasteiger partial charge in [-0.1, -0.05) is 18.2 Å². The minimum atomic E-state index is -4.62. The first-order chi connectivity index (χ1) is 12.3. The first-order valence-corrected chi connectivity index (χ1v) is 7.50. The van der Waals surface area contributed by atoms with Gasteiger partial charge >= 0.3 is 6.18 Å². The Morgan fingerprint density at radius 1 is 0.962 bits per heavy atom. The van der Waals surface area contributed by atoms with Gasteiger partial charge in [0.1, 0.15) is 17.2 Å². The first-order valence-electron chi connectivity index (χ1n) is 7.50. The average Bonchev–Trinajstić information content (AvgIpc) is 2.64. The molecule has 0 unspecified atom stereocenters. The fourth-order valence-electron chi connectivity index (χ4n) is 2.39. The molecule has 0 saturated heterocycles. The third-order valence-corrected chi connectivity index (χ3v) is 3.65. The van der Waals surface area contributed by atoms with Gasteiger partial charge in [0.05, 0.1) is 32.5 Å². The Balaban J connectivity index is 2.44. The molecule has 2 rings (SSSR count). The Morgan fingerprint density at radius 3 is 2.04 bits per heavy atom. The van der Waals surface area contributed by atoms with Crippen LogP contribution in [0, 0.1) is 0 Å². The Labute approximate surface area is 148 Å². The summed E-state index contributed by atoms with van der Waals surface area (Å²) in [5.41, 5.74) is -1.00. The molecule has 0 spiro atoms. The number of alkyl halides is 3. The van der Waals surface area contributed by atoms with Crippen LogP contribution in [-0.2, 0) is 6.18 Å². The van der Waals surface area contributed by atoms with Gasteiger partial charge in [0.15, 0.2) is 5.78 Å². The maximum absolute atomic E-state index is 13.1. The van der Waals surface area contributed by atoms with E-state index in [1.54, 1.807) is 12.1 Å². The summed E-state index contributed by atoms with van der Waals surface area (Å²) in [7, 11) is 4.32. The average molecular weight is 366 g/mol. The van der Waals surface area contributed by atoms with Gasteiger partial charge in [-0.15, -0.1) is 0 Å². The van der Waals surface area contributed by atoms with Crippen LogP contribution in [0.5, 0.6) is 17.2 Å². The van der Waals surface area contributed by atoms with Crippen molar-refractivity contribution in [2.45, 2.75) is 6.18 Å². The van der Waals surface area contributed by atoms with E-state index in [0.717, 1.165) is 18.2 Å². The van der Waals surface area contributed by atoms with Crippen molar-refractivity contribution >= 4 is 11.9 Å². The summed E-state index contributed by atoms with van der Waals surface area (Å²) in [6.45, 7) is 0. The molecular weight excluding hydrogens is 349 g/mol. The van der Waals surface area contributed by atoms with E-state index in [9.17, 15) is 18.0 Å². The zero-order chi connectivity index (χ0) is 19.3. The molecule has 0 aliphatic rings. The van der Waals surface area contributed by atoms with Crippen LogP contribution in [0.2, 0.25) is 0 Å². The Hall–Kier alpha value is -2.96. The minimum Gasteiger partial charge on any atom is -0.496 e. The fraction of sp³-hybridized carbons (Fsp3) is 0.211. The number of ketones is 1. The number of carbonyl (C=O) groups is 1. The number of hydrogen-bond donors (Lipinski definition) is 0. The molecule has 0 atom stereocenters. The monoisotopic (exact) mass is 366 g/mol. The van der Waals surface area contributed by atoms with Gasteiger partial charge in [-0.3, -0.25) is 4.79 Å². The highest BCUT2D eigenvalue weighted by Gasteiger charge is 2.34. The fourth-order valence-corrected chi connectivity index (χ4v) is 2.39. The van der Waals surface area contributed by atoms with Gasteiger partial charge in [-0.05, 0) is 18.2 Å². The largest absolute Gasteiger partial charge is 0.496 e. The maximum atomic E-state index is 13.1. The van der Waals surface area contributed by atoms with E-state index in [1.165, 1.54) is 39.5 Å². The lowest BCUT2D eigenvalue weighted by Crippen LogP contribution is -2.11. The van der Waals surface area contributed by atoms with E-state index in [-0.39, 0.29) is 0 Å². The quantitative estimate of drug-likeness (QED) is 0.552. The molecule has 2 aromatic rings. The molecule has 0 saturated carbocycles. The molecule has 0 aliphatic carbocycles. The topological polar surface area (TPSA) is 44.8 Å². The van der Waals surface area contributed by atoms with Crippen LogP contribution >= 0.6 is 0 Å². The van der Waals surface area contributed by atoms with Crippen molar-refractivity contribution < 1.29 is 32.2 Å². The SMILES string of the molecule is COc1cc(OC)c(C=CC(=O)c2ccccc2C(F)(F)F)c(OC)c1. The molecule has 0 radical (unpaired) electrons. The standard InChI is InChI=1S/C19H17F3O4/c1-24-12-10-17(25-2)14(18(11-12)26-3)8-9-16(23)13-6-4-5-7-15(13)19(20,21)22/h4-11H,1-3H3. The number of hydrogen-bond acceptors (Lipinski definition) is 4. The highest BCUT2D eigenvalue weighted by atomic mass is 19.4. The summed E-state index contributed by atoms with van der Waals surface area (Å²) >= 11 is 0. The maximum Gasteiger partial charge on any atom is 0.417 e. The molecule has 7 heteroatoms. The van der Waals surface area contributed by atoms with Gasteiger partial charge in [-0.2, -0.15) is 13.2 Å². The van der Waals surface area contributed by atoms with Crippen molar-refractivity contribution in [3.05, 3.63) is 59.2 Å². The number of benzene rings is 2. The van der Waals surface area contributed by atoms with E-state index in [2.05, 4.69) is 0 Å². The second kappa shape index (κ2) is 7.95. The summed E-state index contributed by atoms with van der Waals surface area (Å²) in [6, 6.07) is 7.78. The lowest BCUT2D eigenvalue weighted by Gasteiger charge is -2.13. The number of methoxy groups -OCH3 is 3. The third kappa shape index (κ3) is 4.17. The van der Waals surface area contributed by atoms with Crippen LogP contribution in [0.1, 0.15) is 21.5 Å². The predicted molar refractivity (Wildman–Crippen MR) is 90.9 cm³/mol. The van der Waals surface area contributed by atoms with Crippen molar-refractivity contribution in [3.8, 4) is 17.2 Å². The van der Waals surface area contributed by atoms with E-state index in [0.29, 0.717) is 22.8 Å². The summed E-state index contributed by atoms with van der Waals surface area (Å²) in [5, 5.41) is 0. The second-order valence-electron chi connectivity index (χ2n) is 5.19. The lowest BCUT2D eigenvalue weighted by molar-refractivity contribution is -0.137. The Kier molecular flexibility index (Phi) is 5.92. The molecule has 0 bridgehead atoms. The van der Waals surface area contributed by atoms with Crippen LogP contribution in [0.3, 0.4) is 0 Å². The highest BCUT2D eigenvalue weighted by Crippen LogP contribution is 2.36. The highest BCUT2D eigenvalue weighted by molar-refractivity contribution is 6.08. The summed E-state index contributed by atoms with van der Waals surface area (Å²) < 4.78 is 54.8. The van der Waals surface area contributed by atoms with E-state index >= 15 is 0 Å². The molecule has 4 nitrogen and oxygen atoms in total.